The standard InChI is InChI=1S/C14H25N3O4S.ClH/c1-2-17(14(19)12-5-3-4-7-15-12)9-13(18)16-11-6-8-22(20,21)10-11;/h11-12,15H,2-10H2,1H3,(H,16,18);1H. The Kier molecular flexibility index (Phi) is 7.76. The van der Waals surface area contributed by atoms with Gasteiger partial charge in [-0.2, -0.15) is 0 Å². The Balaban J connectivity index is 0.00000264. The summed E-state index contributed by atoms with van der Waals surface area (Å²) in [5, 5.41) is 5.91. The molecule has 0 aromatic heterocycles. The molecule has 0 saturated carbocycles. The van der Waals surface area contributed by atoms with Gasteiger partial charge in [0.1, 0.15) is 0 Å². The maximum absolute atomic E-state index is 12.4. The van der Waals surface area contributed by atoms with Crippen molar-refractivity contribution in [3.8, 4) is 0 Å². The normalized spacial score (nSPS) is 26.1. The minimum Gasteiger partial charge on any atom is -0.351 e. The minimum absolute atomic E-state index is 0. The third kappa shape index (κ3) is 5.93. The maximum Gasteiger partial charge on any atom is 0.240 e. The van der Waals surface area contributed by atoms with Gasteiger partial charge in [0.2, 0.25) is 11.8 Å². The second-order valence-corrected chi connectivity index (χ2v) is 8.25. The van der Waals surface area contributed by atoms with E-state index >= 15 is 0 Å². The summed E-state index contributed by atoms with van der Waals surface area (Å²) in [4.78, 5) is 26.0. The topological polar surface area (TPSA) is 95.6 Å². The summed E-state index contributed by atoms with van der Waals surface area (Å²) in [7, 11) is -3.01. The number of nitrogens with one attached hydrogen (secondary N) is 2. The van der Waals surface area contributed by atoms with Crippen molar-refractivity contribution >= 4 is 34.1 Å². The number of hydrogen-bond donors (Lipinski definition) is 2. The first-order chi connectivity index (χ1) is 10.4. The van der Waals surface area contributed by atoms with Crippen LogP contribution in [-0.2, 0) is 19.4 Å². The van der Waals surface area contributed by atoms with Gasteiger partial charge in [0.15, 0.2) is 9.84 Å². The summed E-state index contributed by atoms with van der Waals surface area (Å²) in [6.07, 6.45) is 3.36. The fraction of sp³-hybridized carbons (Fsp3) is 0.857. The largest absolute Gasteiger partial charge is 0.351 e. The average molecular weight is 368 g/mol. The second kappa shape index (κ2) is 8.84. The van der Waals surface area contributed by atoms with Crippen LogP contribution in [0.1, 0.15) is 32.6 Å². The van der Waals surface area contributed by atoms with E-state index in [4.69, 9.17) is 0 Å². The fourth-order valence-electron chi connectivity index (χ4n) is 2.98. The molecule has 2 heterocycles. The highest BCUT2D eigenvalue weighted by Crippen LogP contribution is 2.12. The van der Waals surface area contributed by atoms with Crippen molar-refractivity contribution in [2.24, 2.45) is 0 Å². The molecule has 2 amide bonds. The number of nitrogens with zero attached hydrogens (tertiary/aromatic N) is 1. The van der Waals surface area contributed by atoms with Gasteiger partial charge in [0, 0.05) is 12.6 Å². The Labute approximate surface area is 143 Å². The van der Waals surface area contributed by atoms with Crippen molar-refractivity contribution in [1.82, 2.24) is 15.5 Å². The Morgan fingerprint density at radius 3 is 2.52 bits per heavy atom. The molecule has 2 aliphatic heterocycles. The molecule has 7 nitrogen and oxygen atoms in total. The van der Waals surface area contributed by atoms with E-state index in [9.17, 15) is 18.0 Å². The summed E-state index contributed by atoms with van der Waals surface area (Å²) in [5.74, 6) is -0.201. The number of carbonyl (C=O) groups excluding carboxylic acids is 2. The Morgan fingerprint density at radius 2 is 2.00 bits per heavy atom. The number of sulfone groups is 1. The number of hydrogen-bond acceptors (Lipinski definition) is 5. The van der Waals surface area contributed by atoms with Crippen LogP contribution in [0, 0.1) is 0 Å². The quantitative estimate of drug-likeness (QED) is 0.695. The van der Waals surface area contributed by atoms with Gasteiger partial charge in [-0.25, -0.2) is 8.42 Å². The molecule has 0 spiro atoms. The summed E-state index contributed by atoms with van der Waals surface area (Å²) >= 11 is 0. The molecule has 23 heavy (non-hydrogen) atoms. The summed E-state index contributed by atoms with van der Waals surface area (Å²) in [6, 6.07) is -0.521. The molecule has 0 aromatic carbocycles. The van der Waals surface area contributed by atoms with Gasteiger partial charge < -0.3 is 15.5 Å². The molecule has 2 atom stereocenters. The predicted molar refractivity (Wildman–Crippen MR) is 90.3 cm³/mol. The third-order valence-electron chi connectivity index (χ3n) is 4.23. The minimum atomic E-state index is -3.01. The molecule has 2 rings (SSSR count). The summed E-state index contributed by atoms with van der Waals surface area (Å²) < 4.78 is 22.8. The zero-order chi connectivity index (χ0) is 16.2. The molecule has 9 heteroatoms. The smallest absolute Gasteiger partial charge is 0.240 e. The van der Waals surface area contributed by atoms with Gasteiger partial charge in [-0.05, 0) is 32.7 Å². The molecular weight excluding hydrogens is 342 g/mol. The van der Waals surface area contributed by atoms with E-state index < -0.39 is 9.84 Å². The number of likely N-dealkylation sites (N-methyl/N-ethyl adjacent to an activating group) is 1. The number of halogens is 1. The number of amides is 2. The van der Waals surface area contributed by atoms with E-state index in [0.29, 0.717) is 13.0 Å². The van der Waals surface area contributed by atoms with Crippen molar-refractivity contribution in [1.29, 1.82) is 0 Å². The first-order valence-electron chi connectivity index (χ1n) is 7.93. The van der Waals surface area contributed by atoms with Crippen LogP contribution in [0.4, 0.5) is 0 Å². The number of carbonyl (C=O) groups is 2. The van der Waals surface area contributed by atoms with Crippen LogP contribution in [0.25, 0.3) is 0 Å². The highest BCUT2D eigenvalue weighted by molar-refractivity contribution is 7.91. The zero-order valence-electron chi connectivity index (χ0n) is 13.4. The molecule has 0 aromatic rings. The van der Waals surface area contributed by atoms with Crippen molar-refractivity contribution in [3.05, 3.63) is 0 Å². The zero-order valence-corrected chi connectivity index (χ0v) is 15.0. The molecule has 134 valence electrons. The van der Waals surface area contributed by atoms with Gasteiger partial charge in [-0.1, -0.05) is 6.42 Å². The molecule has 0 aliphatic carbocycles. The molecule has 2 N–H and O–H groups in total. The van der Waals surface area contributed by atoms with Crippen LogP contribution >= 0.6 is 12.4 Å². The van der Waals surface area contributed by atoms with Crippen molar-refractivity contribution in [2.45, 2.75) is 44.7 Å². The van der Waals surface area contributed by atoms with Crippen LogP contribution in [0.5, 0.6) is 0 Å². The maximum atomic E-state index is 12.4. The van der Waals surface area contributed by atoms with E-state index in [-0.39, 0.29) is 54.4 Å². The molecule has 0 radical (unpaired) electrons. The Morgan fingerprint density at radius 1 is 1.26 bits per heavy atom. The van der Waals surface area contributed by atoms with Gasteiger partial charge in [-0.3, -0.25) is 9.59 Å². The molecule has 0 bridgehead atoms. The van der Waals surface area contributed by atoms with Crippen LogP contribution in [0.15, 0.2) is 0 Å². The van der Waals surface area contributed by atoms with Crippen LogP contribution in [0.2, 0.25) is 0 Å². The van der Waals surface area contributed by atoms with Crippen LogP contribution in [-0.4, -0.2) is 68.4 Å². The van der Waals surface area contributed by atoms with Crippen molar-refractivity contribution in [2.75, 3.05) is 31.1 Å². The Bertz CT molecular complexity index is 520. The second-order valence-electron chi connectivity index (χ2n) is 6.02. The van der Waals surface area contributed by atoms with Crippen molar-refractivity contribution < 1.29 is 18.0 Å². The average Bonchev–Trinajstić information content (AvgIpc) is 2.83. The third-order valence-corrected chi connectivity index (χ3v) is 6.00. The lowest BCUT2D eigenvalue weighted by Crippen LogP contribution is -2.51. The molecule has 2 saturated heterocycles. The van der Waals surface area contributed by atoms with Crippen molar-refractivity contribution in [3.63, 3.8) is 0 Å². The lowest BCUT2D eigenvalue weighted by molar-refractivity contribution is -0.138. The number of rotatable bonds is 5. The van der Waals surface area contributed by atoms with Gasteiger partial charge in [-0.15, -0.1) is 12.4 Å². The van der Waals surface area contributed by atoms with E-state index in [1.807, 2.05) is 6.92 Å². The lowest BCUT2D eigenvalue weighted by atomic mass is 10.0. The first-order valence-corrected chi connectivity index (χ1v) is 9.75. The number of piperidine rings is 1. The summed E-state index contributed by atoms with van der Waals surface area (Å²) in [5.41, 5.74) is 0. The van der Waals surface area contributed by atoms with Gasteiger partial charge >= 0.3 is 0 Å². The molecule has 2 unspecified atom stereocenters. The highest BCUT2D eigenvalue weighted by atomic mass is 35.5. The van der Waals surface area contributed by atoms with Crippen LogP contribution in [0.3, 0.4) is 0 Å². The predicted octanol–water partition coefficient (Wildman–Crippen LogP) is -0.298. The monoisotopic (exact) mass is 367 g/mol. The fourth-order valence-corrected chi connectivity index (χ4v) is 4.66. The van der Waals surface area contributed by atoms with E-state index in [1.54, 1.807) is 0 Å². The highest BCUT2D eigenvalue weighted by Gasteiger charge is 2.30. The SMILES string of the molecule is CCN(CC(=O)NC1CCS(=O)(=O)C1)C(=O)C1CCCCN1.Cl. The van der Waals surface area contributed by atoms with Gasteiger partial charge in [0.05, 0.1) is 24.1 Å². The van der Waals surface area contributed by atoms with Crippen LogP contribution < -0.4 is 10.6 Å². The molecule has 2 fully saturated rings. The van der Waals surface area contributed by atoms with Gasteiger partial charge in [0.25, 0.3) is 0 Å². The van der Waals surface area contributed by atoms with E-state index in [0.717, 1.165) is 25.8 Å². The molecule has 2 aliphatic rings. The molecular formula is C14H26ClN3O4S. The van der Waals surface area contributed by atoms with E-state index in [2.05, 4.69) is 10.6 Å². The Hall–Kier alpha value is -0.860. The lowest BCUT2D eigenvalue weighted by Gasteiger charge is -2.29. The van der Waals surface area contributed by atoms with E-state index in [1.165, 1.54) is 4.90 Å². The summed E-state index contributed by atoms with van der Waals surface area (Å²) in [6.45, 7) is 3.13. The first kappa shape index (κ1) is 20.2.